The number of para-hydroxylation sites is 2. The van der Waals surface area contributed by atoms with Crippen molar-refractivity contribution in [2.75, 3.05) is 9.80 Å². The minimum absolute atomic E-state index is 0.0845. The molecule has 1 aliphatic carbocycles. The molecule has 0 bridgehead atoms. The third-order valence-corrected chi connectivity index (χ3v) is 13.9. The van der Waals surface area contributed by atoms with E-state index in [2.05, 4.69) is 99.4 Å². The molecule has 0 N–H and O–H groups in total. The summed E-state index contributed by atoms with van der Waals surface area (Å²) in [4.78, 5) is 18.6. The number of hydrogen-bond acceptors (Lipinski definition) is 2. The number of carbonyl (C=O) groups excluding carboxylic acids is 1. The maximum atomic E-state index is 14.5. The molecule has 2 aliphatic heterocycles. The zero-order valence-corrected chi connectivity index (χ0v) is 23.7. The smallest absolute Gasteiger partial charge is 0.330 e. The average Bonchev–Trinajstić information content (AvgIpc) is 3.18. The summed E-state index contributed by atoms with van der Waals surface area (Å²) in [5, 5.41) is 0.174. The van der Waals surface area contributed by atoms with E-state index in [9.17, 15) is 4.79 Å². The van der Waals surface area contributed by atoms with Crippen LogP contribution in [-0.2, 0) is 16.5 Å². The first-order valence-corrected chi connectivity index (χ1v) is 16.6. The van der Waals surface area contributed by atoms with E-state index in [-0.39, 0.29) is 28.6 Å². The van der Waals surface area contributed by atoms with E-state index in [0.29, 0.717) is 6.54 Å². The summed E-state index contributed by atoms with van der Waals surface area (Å²) in [6.45, 7) is 12.2. The van der Waals surface area contributed by atoms with Gasteiger partial charge in [-0.3, -0.25) is 9.80 Å². The average molecular weight is 511 g/mol. The summed E-state index contributed by atoms with van der Waals surface area (Å²) >= 11 is 0. The van der Waals surface area contributed by atoms with Crippen LogP contribution in [0.15, 0.2) is 78.9 Å². The molecule has 3 atom stereocenters. The summed E-state index contributed by atoms with van der Waals surface area (Å²) in [6.07, 6.45) is 3.04. The Bertz CT molecular complexity index is 1330. The minimum atomic E-state index is -1.90. The Labute approximate surface area is 222 Å². The molecular formula is C32H38N2O2Si. The second kappa shape index (κ2) is 8.57. The van der Waals surface area contributed by atoms with Gasteiger partial charge in [-0.05, 0) is 60.7 Å². The van der Waals surface area contributed by atoms with Gasteiger partial charge in [0, 0.05) is 17.6 Å². The summed E-state index contributed by atoms with van der Waals surface area (Å²) in [7, 11) is -1.90. The molecule has 1 spiro atoms. The Kier molecular flexibility index (Phi) is 5.66. The summed E-state index contributed by atoms with van der Waals surface area (Å²) < 4.78 is 6.98. The van der Waals surface area contributed by atoms with Crippen molar-refractivity contribution in [3.63, 3.8) is 0 Å². The minimum Gasteiger partial charge on any atom is -0.414 e. The standard InChI is InChI=1S/C32H38N2O2Si/c1-31(2,3)37(4,5)36-24-19-20-32-26-16-10-12-18-29(26)33(22-23-13-7-6-8-14-23)30(35)34(32)28-17-11-9-15-25(28)27(32)21-24/h6-18,24,27H,19-22H2,1-5H3/t24?,27-,32+/m1/s1. The van der Waals surface area contributed by atoms with Crippen LogP contribution in [0.2, 0.25) is 18.1 Å². The highest BCUT2D eigenvalue weighted by molar-refractivity contribution is 6.74. The largest absolute Gasteiger partial charge is 0.414 e. The molecule has 4 nitrogen and oxygen atoms in total. The SMILES string of the molecule is CC(C)(C)[Si](C)(C)OC1CC[C@@]23c4ccccc4N(Cc4ccccc4)C(=O)N2c2ccccc2[C@H]3C1. The number of rotatable bonds is 4. The number of nitrogens with zero attached hydrogens (tertiary/aromatic N) is 2. The first-order valence-electron chi connectivity index (χ1n) is 13.7. The summed E-state index contributed by atoms with van der Waals surface area (Å²) in [5.74, 6) is 0.219. The van der Waals surface area contributed by atoms with E-state index in [1.807, 2.05) is 23.1 Å². The number of hydrogen-bond donors (Lipinski definition) is 0. The summed E-state index contributed by atoms with van der Waals surface area (Å²) in [6, 6.07) is 27.6. The van der Waals surface area contributed by atoms with E-state index in [0.717, 1.165) is 36.2 Å². The van der Waals surface area contributed by atoms with Crippen LogP contribution in [0.4, 0.5) is 16.2 Å². The molecule has 1 saturated carbocycles. The highest BCUT2D eigenvalue weighted by atomic mass is 28.4. The third kappa shape index (κ3) is 3.70. The van der Waals surface area contributed by atoms with Crippen molar-refractivity contribution in [1.82, 2.24) is 0 Å². The van der Waals surface area contributed by atoms with Crippen LogP contribution in [0.1, 0.15) is 62.6 Å². The molecule has 3 aromatic rings. The van der Waals surface area contributed by atoms with Crippen molar-refractivity contribution in [2.24, 2.45) is 0 Å². The quantitative estimate of drug-likeness (QED) is 0.331. The van der Waals surface area contributed by atoms with Crippen molar-refractivity contribution >= 4 is 25.7 Å². The van der Waals surface area contributed by atoms with E-state index in [1.165, 1.54) is 11.1 Å². The van der Waals surface area contributed by atoms with Crippen LogP contribution in [0.3, 0.4) is 0 Å². The lowest BCUT2D eigenvalue weighted by Gasteiger charge is -2.53. The number of anilines is 2. The molecule has 192 valence electrons. The van der Waals surface area contributed by atoms with Gasteiger partial charge in [0.1, 0.15) is 0 Å². The molecule has 37 heavy (non-hydrogen) atoms. The molecule has 1 unspecified atom stereocenters. The first kappa shape index (κ1) is 24.4. The monoisotopic (exact) mass is 510 g/mol. The van der Waals surface area contributed by atoms with Crippen LogP contribution >= 0.6 is 0 Å². The maximum absolute atomic E-state index is 14.5. The van der Waals surface area contributed by atoms with Crippen LogP contribution in [0.5, 0.6) is 0 Å². The Morgan fingerprint density at radius 3 is 2.30 bits per heavy atom. The number of fused-ring (bicyclic) bond motifs is 4. The Hall–Kier alpha value is -2.89. The van der Waals surface area contributed by atoms with E-state index < -0.39 is 8.32 Å². The van der Waals surface area contributed by atoms with E-state index >= 15 is 0 Å². The number of carbonyl (C=O) groups is 1. The highest BCUT2D eigenvalue weighted by Gasteiger charge is 2.61. The van der Waals surface area contributed by atoms with E-state index in [4.69, 9.17) is 4.43 Å². The fourth-order valence-corrected chi connectivity index (χ4v) is 8.02. The van der Waals surface area contributed by atoms with Crippen molar-refractivity contribution in [2.45, 2.75) is 82.3 Å². The van der Waals surface area contributed by atoms with Gasteiger partial charge < -0.3 is 4.43 Å². The molecule has 2 amide bonds. The molecule has 3 aromatic carbocycles. The second-order valence-electron chi connectivity index (χ2n) is 12.5. The number of amides is 2. The predicted octanol–water partition coefficient (Wildman–Crippen LogP) is 8.20. The van der Waals surface area contributed by atoms with Crippen molar-refractivity contribution in [1.29, 1.82) is 0 Å². The zero-order valence-electron chi connectivity index (χ0n) is 22.7. The van der Waals surface area contributed by atoms with Gasteiger partial charge in [-0.25, -0.2) is 4.79 Å². The van der Waals surface area contributed by atoms with Gasteiger partial charge in [-0.2, -0.15) is 0 Å². The molecule has 3 aliphatic rings. The normalized spacial score (nSPS) is 24.8. The molecule has 5 heteroatoms. The van der Waals surface area contributed by atoms with Crippen LogP contribution in [0.25, 0.3) is 0 Å². The summed E-state index contributed by atoms with van der Waals surface area (Å²) in [5.41, 5.74) is 5.45. The van der Waals surface area contributed by atoms with Gasteiger partial charge in [0.25, 0.3) is 0 Å². The van der Waals surface area contributed by atoms with Crippen LogP contribution in [0, 0.1) is 0 Å². The zero-order chi connectivity index (χ0) is 26.0. The first-order chi connectivity index (χ1) is 17.6. The lowest BCUT2D eigenvalue weighted by Crippen LogP contribution is -2.60. The molecule has 1 fully saturated rings. The predicted molar refractivity (Wildman–Crippen MR) is 154 cm³/mol. The molecule has 0 radical (unpaired) electrons. The van der Waals surface area contributed by atoms with Gasteiger partial charge >= 0.3 is 6.03 Å². The Morgan fingerprint density at radius 2 is 1.57 bits per heavy atom. The van der Waals surface area contributed by atoms with Crippen LogP contribution < -0.4 is 9.80 Å². The Balaban J connectivity index is 1.45. The number of urea groups is 1. The van der Waals surface area contributed by atoms with Crippen LogP contribution in [-0.4, -0.2) is 20.5 Å². The van der Waals surface area contributed by atoms with Crippen molar-refractivity contribution in [3.05, 3.63) is 95.6 Å². The third-order valence-electron chi connectivity index (χ3n) is 9.41. The topological polar surface area (TPSA) is 32.8 Å². The van der Waals surface area contributed by atoms with Gasteiger partial charge in [0.15, 0.2) is 8.32 Å². The lowest BCUT2D eigenvalue weighted by molar-refractivity contribution is 0.0906. The molecular weight excluding hydrogens is 472 g/mol. The molecule has 2 heterocycles. The highest BCUT2D eigenvalue weighted by Crippen LogP contribution is 2.63. The maximum Gasteiger partial charge on any atom is 0.330 e. The second-order valence-corrected chi connectivity index (χ2v) is 17.3. The van der Waals surface area contributed by atoms with Gasteiger partial charge in [0.2, 0.25) is 0 Å². The van der Waals surface area contributed by atoms with E-state index in [1.54, 1.807) is 0 Å². The van der Waals surface area contributed by atoms with Gasteiger partial charge in [-0.15, -0.1) is 0 Å². The molecule has 0 saturated heterocycles. The van der Waals surface area contributed by atoms with Crippen molar-refractivity contribution < 1.29 is 9.22 Å². The lowest BCUT2D eigenvalue weighted by atomic mass is 9.66. The molecule has 0 aromatic heterocycles. The number of benzene rings is 3. The Morgan fingerprint density at radius 1 is 0.919 bits per heavy atom. The fourth-order valence-electron chi connectivity index (χ4n) is 6.62. The van der Waals surface area contributed by atoms with Crippen molar-refractivity contribution in [3.8, 4) is 0 Å². The fraction of sp³-hybridized carbons (Fsp3) is 0.406. The molecule has 6 rings (SSSR count). The van der Waals surface area contributed by atoms with Gasteiger partial charge in [0.05, 0.1) is 23.5 Å². The van der Waals surface area contributed by atoms with Gasteiger partial charge in [-0.1, -0.05) is 87.5 Å².